The molecule has 0 unspecified atom stereocenters. The number of rotatable bonds is 5. The van der Waals surface area contributed by atoms with Gasteiger partial charge in [-0.1, -0.05) is 48.5 Å². The van der Waals surface area contributed by atoms with Gasteiger partial charge in [0.2, 0.25) is 0 Å². The Bertz CT molecular complexity index is 1420. The van der Waals surface area contributed by atoms with Crippen molar-refractivity contribution in [2.45, 2.75) is 6.61 Å². The highest BCUT2D eigenvalue weighted by Crippen LogP contribution is 2.24. The first kappa shape index (κ1) is 19.0. The van der Waals surface area contributed by atoms with Crippen LogP contribution in [0, 0.1) is 0 Å². The summed E-state index contributed by atoms with van der Waals surface area (Å²) in [6.45, 7) is -0.104. The van der Waals surface area contributed by atoms with E-state index < -0.39 is 5.97 Å². The topological polar surface area (TPSA) is 78.5 Å². The molecule has 0 radical (unpaired) electrons. The quantitative estimate of drug-likeness (QED) is 0.396. The van der Waals surface area contributed by atoms with E-state index in [0.717, 1.165) is 11.3 Å². The number of para-hydroxylation sites is 1. The van der Waals surface area contributed by atoms with Crippen LogP contribution in [0.15, 0.2) is 89.3 Å². The molecule has 0 spiro atoms. The number of fused-ring (bicyclic) bond motifs is 1. The van der Waals surface area contributed by atoms with Crippen LogP contribution in [0.1, 0.15) is 16.1 Å². The van der Waals surface area contributed by atoms with E-state index in [0.29, 0.717) is 21.9 Å². The van der Waals surface area contributed by atoms with Crippen molar-refractivity contribution in [1.82, 2.24) is 19.2 Å². The maximum atomic E-state index is 13.0. The van der Waals surface area contributed by atoms with Gasteiger partial charge >= 0.3 is 5.97 Å². The molecule has 0 bridgehead atoms. The highest BCUT2D eigenvalue weighted by atomic mass is 32.1. The molecule has 7 nitrogen and oxygen atoms in total. The molecule has 0 saturated carbocycles. The van der Waals surface area contributed by atoms with Crippen LogP contribution in [0.2, 0.25) is 0 Å². The molecule has 0 atom stereocenters. The summed E-state index contributed by atoms with van der Waals surface area (Å²) >= 11 is 1.34. The number of ether oxygens (including phenoxy) is 1. The van der Waals surface area contributed by atoms with Gasteiger partial charge in [0, 0.05) is 29.4 Å². The van der Waals surface area contributed by atoms with Crippen LogP contribution in [0.3, 0.4) is 0 Å². The Labute approximate surface area is 180 Å². The number of hydrogen-bond acceptors (Lipinski definition) is 6. The molecule has 0 aliphatic carbocycles. The Morgan fingerprint density at radius 2 is 1.77 bits per heavy atom. The van der Waals surface area contributed by atoms with Crippen LogP contribution >= 0.6 is 11.3 Å². The fourth-order valence-corrected chi connectivity index (χ4v) is 3.96. The van der Waals surface area contributed by atoms with E-state index in [1.165, 1.54) is 21.8 Å². The minimum absolute atomic E-state index is 0.104. The number of aromatic nitrogens is 4. The van der Waals surface area contributed by atoms with Gasteiger partial charge in [-0.25, -0.2) is 14.5 Å². The lowest BCUT2D eigenvalue weighted by Gasteiger charge is -2.05. The summed E-state index contributed by atoms with van der Waals surface area (Å²) in [7, 11) is 0. The molecule has 3 aromatic heterocycles. The molecule has 31 heavy (non-hydrogen) atoms. The molecule has 0 amide bonds. The predicted octanol–water partition coefficient (Wildman–Crippen LogP) is 3.97. The smallest absolute Gasteiger partial charge is 0.342 e. The molecule has 5 aromatic rings. The van der Waals surface area contributed by atoms with Crippen LogP contribution in [0.4, 0.5) is 0 Å². The Morgan fingerprint density at radius 3 is 2.55 bits per heavy atom. The van der Waals surface area contributed by atoms with E-state index >= 15 is 0 Å². The second-order valence-corrected chi connectivity index (χ2v) is 7.63. The van der Waals surface area contributed by atoms with Crippen molar-refractivity contribution < 1.29 is 9.53 Å². The maximum absolute atomic E-state index is 13.0. The van der Waals surface area contributed by atoms with Crippen LogP contribution in [0.25, 0.3) is 21.9 Å². The van der Waals surface area contributed by atoms with Crippen molar-refractivity contribution in [3.8, 4) is 16.9 Å². The van der Waals surface area contributed by atoms with Crippen molar-refractivity contribution >= 4 is 22.3 Å². The normalized spacial score (nSPS) is 11.0. The van der Waals surface area contributed by atoms with E-state index in [2.05, 4.69) is 10.1 Å². The average Bonchev–Trinajstić information content (AvgIpc) is 3.47. The summed E-state index contributed by atoms with van der Waals surface area (Å²) in [5.74, 6) is -0.533. The van der Waals surface area contributed by atoms with Gasteiger partial charge in [0.15, 0.2) is 4.96 Å². The molecular weight excluding hydrogens is 412 g/mol. The SMILES string of the molecule is O=C(OCc1cc(=O)n2ccsc2n1)c1cn(-c2ccccc2)nc1-c1ccccc1. The standard InChI is InChI=1S/C23H16N4O3S/c28-20-13-17(24-23-26(20)11-12-31-23)15-30-22(29)19-14-27(18-9-5-2-6-10-18)25-21(19)16-7-3-1-4-8-16/h1-14H,15H2. The second kappa shape index (κ2) is 8.00. The Balaban J connectivity index is 1.47. The van der Waals surface area contributed by atoms with Crippen LogP contribution in [0.5, 0.6) is 0 Å². The highest BCUT2D eigenvalue weighted by Gasteiger charge is 2.20. The Morgan fingerprint density at radius 1 is 1.03 bits per heavy atom. The Hall–Kier alpha value is -4.04. The van der Waals surface area contributed by atoms with Crippen molar-refractivity contribution in [3.05, 3.63) is 106 Å². The molecule has 0 saturated heterocycles. The molecular formula is C23H16N4O3S. The number of thiazole rings is 1. The number of carbonyl (C=O) groups is 1. The first-order valence-electron chi connectivity index (χ1n) is 9.52. The van der Waals surface area contributed by atoms with Gasteiger partial charge in [-0.2, -0.15) is 5.10 Å². The number of carbonyl (C=O) groups excluding carboxylic acids is 1. The van der Waals surface area contributed by atoms with E-state index in [1.54, 1.807) is 22.5 Å². The number of esters is 1. The minimum atomic E-state index is -0.533. The van der Waals surface area contributed by atoms with Gasteiger partial charge in [0.25, 0.3) is 5.56 Å². The van der Waals surface area contributed by atoms with Crippen molar-refractivity contribution in [1.29, 1.82) is 0 Å². The van der Waals surface area contributed by atoms with Crippen LogP contribution < -0.4 is 5.56 Å². The lowest BCUT2D eigenvalue weighted by Crippen LogP contribution is -2.14. The van der Waals surface area contributed by atoms with Crippen molar-refractivity contribution in [2.24, 2.45) is 0 Å². The average molecular weight is 428 g/mol. The lowest BCUT2D eigenvalue weighted by atomic mass is 10.1. The third-order valence-electron chi connectivity index (χ3n) is 4.71. The molecule has 152 valence electrons. The third kappa shape index (κ3) is 3.76. The van der Waals surface area contributed by atoms with Crippen molar-refractivity contribution in [2.75, 3.05) is 0 Å². The van der Waals surface area contributed by atoms with Gasteiger partial charge in [0.1, 0.15) is 17.9 Å². The predicted molar refractivity (Wildman–Crippen MR) is 117 cm³/mol. The summed E-state index contributed by atoms with van der Waals surface area (Å²) < 4.78 is 8.61. The zero-order chi connectivity index (χ0) is 21.2. The minimum Gasteiger partial charge on any atom is -0.455 e. The van der Waals surface area contributed by atoms with E-state index in [4.69, 9.17) is 4.74 Å². The van der Waals surface area contributed by atoms with Gasteiger partial charge in [0.05, 0.1) is 11.4 Å². The summed E-state index contributed by atoms with van der Waals surface area (Å²) in [6.07, 6.45) is 3.32. The van der Waals surface area contributed by atoms with E-state index in [9.17, 15) is 9.59 Å². The number of hydrogen-bond donors (Lipinski definition) is 0. The fourth-order valence-electron chi connectivity index (χ4n) is 3.22. The van der Waals surface area contributed by atoms with E-state index in [-0.39, 0.29) is 12.2 Å². The largest absolute Gasteiger partial charge is 0.455 e. The first-order chi connectivity index (χ1) is 15.2. The van der Waals surface area contributed by atoms with Gasteiger partial charge in [-0.3, -0.25) is 9.20 Å². The Kier molecular flexibility index (Phi) is 4.89. The molecule has 0 aliphatic heterocycles. The third-order valence-corrected chi connectivity index (χ3v) is 5.47. The first-order valence-corrected chi connectivity index (χ1v) is 10.4. The molecule has 3 heterocycles. The van der Waals surface area contributed by atoms with Gasteiger partial charge in [-0.05, 0) is 12.1 Å². The van der Waals surface area contributed by atoms with E-state index in [1.807, 2.05) is 60.7 Å². The molecule has 2 aromatic carbocycles. The summed E-state index contributed by atoms with van der Waals surface area (Å²) in [5, 5.41) is 6.40. The molecule has 0 N–H and O–H groups in total. The van der Waals surface area contributed by atoms with Crippen LogP contribution in [-0.4, -0.2) is 25.1 Å². The van der Waals surface area contributed by atoms with Crippen LogP contribution in [-0.2, 0) is 11.3 Å². The monoisotopic (exact) mass is 428 g/mol. The zero-order valence-corrected chi connectivity index (χ0v) is 17.0. The van der Waals surface area contributed by atoms with Gasteiger partial charge < -0.3 is 4.74 Å². The maximum Gasteiger partial charge on any atom is 0.342 e. The van der Waals surface area contributed by atoms with Gasteiger partial charge in [-0.15, -0.1) is 11.3 Å². The van der Waals surface area contributed by atoms with Crippen molar-refractivity contribution in [3.63, 3.8) is 0 Å². The summed E-state index contributed by atoms with van der Waals surface area (Å²) in [5.41, 5.74) is 2.69. The second-order valence-electron chi connectivity index (χ2n) is 6.75. The molecule has 0 aliphatic rings. The molecule has 8 heteroatoms. The lowest BCUT2D eigenvalue weighted by molar-refractivity contribution is 0.0468. The summed E-state index contributed by atoms with van der Waals surface area (Å²) in [4.78, 5) is 30.1. The number of nitrogens with zero attached hydrogens (tertiary/aromatic N) is 4. The molecule has 0 fully saturated rings. The highest BCUT2D eigenvalue weighted by molar-refractivity contribution is 7.15. The molecule has 5 rings (SSSR count). The fraction of sp³-hybridized carbons (Fsp3) is 0.0435. The summed E-state index contributed by atoms with van der Waals surface area (Å²) in [6, 6.07) is 20.4. The number of benzene rings is 2. The zero-order valence-electron chi connectivity index (χ0n) is 16.2.